The molecular weight excluding hydrogens is 281 g/mol. The van der Waals surface area contributed by atoms with Crippen molar-refractivity contribution in [2.75, 3.05) is 13.7 Å². The predicted molar refractivity (Wildman–Crippen MR) is 80.2 cm³/mol. The van der Waals surface area contributed by atoms with Gasteiger partial charge >= 0.3 is 0 Å². The zero-order chi connectivity index (χ0) is 13.7. The summed E-state index contributed by atoms with van der Waals surface area (Å²) in [5, 5.41) is 4.64. The summed E-state index contributed by atoms with van der Waals surface area (Å²) in [7, 11) is 1.89. The molecule has 1 N–H and O–H groups in total. The van der Waals surface area contributed by atoms with Gasteiger partial charge < -0.3 is 10.1 Å². The van der Waals surface area contributed by atoms with E-state index >= 15 is 0 Å². The smallest absolute Gasteiger partial charge is 0.119 e. The summed E-state index contributed by atoms with van der Waals surface area (Å²) < 4.78 is 5.74. The molecule has 0 fully saturated rings. The normalized spacial score (nSPS) is 12.2. The van der Waals surface area contributed by atoms with Crippen molar-refractivity contribution in [3.63, 3.8) is 0 Å². The maximum absolute atomic E-state index is 6.19. The molecular formula is C15H15Cl2NO. The van der Waals surface area contributed by atoms with Gasteiger partial charge in [0.15, 0.2) is 0 Å². The Morgan fingerprint density at radius 2 is 1.74 bits per heavy atom. The number of benzene rings is 2. The van der Waals surface area contributed by atoms with Crippen molar-refractivity contribution < 1.29 is 4.74 Å². The number of hydrogen-bond acceptors (Lipinski definition) is 2. The molecule has 100 valence electrons. The quantitative estimate of drug-likeness (QED) is 0.886. The van der Waals surface area contributed by atoms with E-state index in [-0.39, 0.29) is 6.04 Å². The molecule has 2 nitrogen and oxygen atoms in total. The second kappa shape index (κ2) is 6.80. The van der Waals surface area contributed by atoms with E-state index in [1.165, 1.54) is 0 Å². The van der Waals surface area contributed by atoms with Gasteiger partial charge in [0.25, 0.3) is 0 Å². The molecule has 0 aliphatic carbocycles. The van der Waals surface area contributed by atoms with E-state index in [4.69, 9.17) is 27.9 Å². The van der Waals surface area contributed by atoms with Crippen molar-refractivity contribution >= 4 is 23.2 Å². The van der Waals surface area contributed by atoms with E-state index in [9.17, 15) is 0 Å². The van der Waals surface area contributed by atoms with Gasteiger partial charge in [-0.25, -0.2) is 0 Å². The lowest BCUT2D eigenvalue weighted by Crippen LogP contribution is -2.23. The predicted octanol–water partition coefficient (Wildman–Crippen LogP) is 4.33. The maximum atomic E-state index is 6.19. The third-order valence-corrected chi connectivity index (χ3v) is 3.46. The molecule has 2 aromatic rings. The highest BCUT2D eigenvalue weighted by molar-refractivity contribution is 6.31. The molecule has 1 unspecified atom stereocenters. The zero-order valence-corrected chi connectivity index (χ0v) is 12.1. The Morgan fingerprint density at radius 3 is 2.37 bits per heavy atom. The van der Waals surface area contributed by atoms with E-state index in [2.05, 4.69) is 5.32 Å². The minimum absolute atomic E-state index is 0.0457. The Balaban J connectivity index is 2.04. The fourth-order valence-corrected chi connectivity index (χ4v) is 2.19. The van der Waals surface area contributed by atoms with Crippen LogP contribution in [0.25, 0.3) is 0 Å². The van der Waals surface area contributed by atoms with Crippen molar-refractivity contribution in [2.24, 2.45) is 0 Å². The van der Waals surface area contributed by atoms with E-state index in [1.807, 2.05) is 43.4 Å². The SMILES string of the molecule is CNC(COc1ccc(Cl)cc1)c1ccccc1Cl. The lowest BCUT2D eigenvalue weighted by Gasteiger charge is -2.18. The first-order valence-corrected chi connectivity index (χ1v) is 6.76. The summed E-state index contributed by atoms with van der Waals surface area (Å²) in [6.45, 7) is 0.502. The molecule has 2 aromatic carbocycles. The first-order valence-electron chi connectivity index (χ1n) is 6.01. The molecule has 1 atom stereocenters. The van der Waals surface area contributed by atoms with Gasteiger partial charge in [0, 0.05) is 10.0 Å². The van der Waals surface area contributed by atoms with Crippen LogP contribution >= 0.6 is 23.2 Å². The Kier molecular flexibility index (Phi) is 5.08. The fraction of sp³-hybridized carbons (Fsp3) is 0.200. The molecule has 0 saturated heterocycles. The molecule has 0 heterocycles. The molecule has 0 bridgehead atoms. The van der Waals surface area contributed by atoms with Crippen LogP contribution < -0.4 is 10.1 Å². The highest BCUT2D eigenvalue weighted by atomic mass is 35.5. The molecule has 2 rings (SSSR count). The van der Waals surface area contributed by atoms with Crippen molar-refractivity contribution in [2.45, 2.75) is 6.04 Å². The van der Waals surface area contributed by atoms with Crippen LogP contribution in [0.3, 0.4) is 0 Å². The van der Waals surface area contributed by atoms with Gasteiger partial charge in [0.1, 0.15) is 12.4 Å². The molecule has 0 amide bonds. The fourth-order valence-electron chi connectivity index (χ4n) is 1.80. The number of hydrogen-bond donors (Lipinski definition) is 1. The molecule has 19 heavy (non-hydrogen) atoms. The van der Waals surface area contributed by atoms with Crippen LogP contribution in [0.4, 0.5) is 0 Å². The van der Waals surface area contributed by atoms with Gasteiger partial charge in [-0.2, -0.15) is 0 Å². The van der Waals surface area contributed by atoms with Gasteiger partial charge in [-0.3, -0.25) is 0 Å². The second-order valence-electron chi connectivity index (χ2n) is 4.13. The van der Waals surface area contributed by atoms with Crippen molar-refractivity contribution in [3.8, 4) is 5.75 Å². The topological polar surface area (TPSA) is 21.3 Å². The number of likely N-dealkylation sites (N-methyl/N-ethyl adjacent to an activating group) is 1. The van der Waals surface area contributed by atoms with Gasteiger partial charge in [-0.15, -0.1) is 0 Å². The Bertz CT molecular complexity index is 528. The van der Waals surface area contributed by atoms with E-state index in [0.29, 0.717) is 11.6 Å². The van der Waals surface area contributed by atoms with Gasteiger partial charge in [0.2, 0.25) is 0 Å². The molecule has 0 aliphatic heterocycles. The number of nitrogens with one attached hydrogen (secondary N) is 1. The maximum Gasteiger partial charge on any atom is 0.119 e. The lowest BCUT2D eigenvalue weighted by atomic mass is 10.1. The highest BCUT2D eigenvalue weighted by Gasteiger charge is 2.13. The van der Waals surface area contributed by atoms with Crippen LogP contribution in [0.5, 0.6) is 5.75 Å². The van der Waals surface area contributed by atoms with Crippen LogP contribution in [0.2, 0.25) is 10.0 Å². The van der Waals surface area contributed by atoms with E-state index in [0.717, 1.165) is 16.3 Å². The average molecular weight is 296 g/mol. The van der Waals surface area contributed by atoms with E-state index < -0.39 is 0 Å². The van der Waals surface area contributed by atoms with Crippen LogP contribution in [0.15, 0.2) is 48.5 Å². The van der Waals surface area contributed by atoms with Crippen molar-refractivity contribution in [3.05, 3.63) is 64.1 Å². The van der Waals surface area contributed by atoms with E-state index in [1.54, 1.807) is 12.1 Å². The van der Waals surface area contributed by atoms with Gasteiger partial charge in [0.05, 0.1) is 6.04 Å². The molecule has 0 aliphatic rings. The zero-order valence-electron chi connectivity index (χ0n) is 10.6. The standard InChI is InChI=1S/C15H15Cl2NO/c1-18-15(13-4-2-3-5-14(13)17)10-19-12-8-6-11(16)7-9-12/h2-9,15,18H,10H2,1H3. The second-order valence-corrected chi connectivity index (χ2v) is 4.97. The van der Waals surface area contributed by atoms with Gasteiger partial charge in [-0.05, 0) is 42.9 Å². The average Bonchev–Trinajstić information content (AvgIpc) is 2.43. The Labute approximate surface area is 123 Å². The summed E-state index contributed by atoms with van der Waals surface area (Å²) in [5.41, 5.74) is 1.03. The highest BCUT2D eigenvalue weighted by Crippen LogP contribution is 2.24. The minimum atomic E-state index is 0.0457. The summed E-state index contributed by atoms with van der Waals surface area (Å²) >= 11 is 12.0. The Hall–Kier alpha value is -1.22. The molecule has 4 heteroatoms. The van der Waals surface area contributed by atoms with Gasteiger partial charge in [-0.1, -0.05) is 41.4 Å². The summed E-state index contributed by atoms with van der Waals surface area (Å²) in [6, 6.07) is 15.1. The monoisotopic (exact) mass is 295 g/mol. The largest absolute Gasteiger partial charge is 0.492 e. The third-order valence-electron chi connectivity index (χ3n) is 2.86. The number of halogens is 2. The Morgan fingerprint density at radius 1 is 1.05 bits per heavy atom. The van der Waals surface area contributed by atoms with Crippen molar-refractivity contribution in [1.82, 2.24) is 5.32 Å². The summed E-state index contributed by atoms with van der Waals surface area (Å²) in [6.07, 6.45) is 0. The molecule has 0 aromatic heterocycles. The van der Waals surface area contributed by atoms with Crippen LogP contribution in [-0.2, 0) is 0 Å². The summed E-state index contributed by atoms with van der Waals surface area (Å²) in [4.78, 5) is 0. The lowest BCUT2D eigenvalue weighted by molar-refractivity contribution is 0.273. The molecule has 0 saturated carbocycles. The molecule has 0 spiro atoms. The van der Waals surface area contributed by atoms with Crippen LogP contribution in [0.1, 0.15) is 11.6 Å². The van der Waals surface area contributed by atoms with Crippen LogP contribution in [0, 0.1) is 0 Å². The number of rotatable bonds is 5. The minimum Gasteiger partial charge on any atom is -0.492 e. The van der Waals surface area contributed by atoms with Crippen molar-refractivity contribution in [1.29, 1.82) is 0 Å². The number of ether oxygens (including phenoxy) is 1. The molecule has 0 radical (unpaired) electrons. The first kappa shape index (κ1) is 14.2. The van der Waals surface area contributed by atoms with Crippen LogP contribution in [-0.4, -0.2) is 13.7 Å². The summed E-state index contributed by atoms with van der Waals surface area (Å²) in [5.74, 6) is 0.789. The first-order chi connectivity index (χ1) is 9.20. The third kappa shape index (κ3) is 3.87.